The second kappa shape index (κ2) is 50.6. The third-order valence-corrected chi connectivity index (χ3v) is 23.5. The van der Waals surface area contributed by atoms with Crippen molar-refractivity contribution in [1.29, 1.82) is 0 Å². The largest absolute Gasteiger partial charge is 1.00 e. The molecule has 0 fully saturated rings. The van der Waals surface area contributed by atoms with Crippen LogP contribution in [0.25, 0.3) is 21.5 Å². The van der Waals surface area contributed by atoms with Crippen LogP contribution in [0.1, 0.15) is 0 Å². The van der Waals surface area contributed by atoms with E-state index in [4.69, 9.17) is 34.7 Å². The van der Waals surface area contributed by atoms with Crippen molar-refractivity contribution in [2.75, 3.05) is 22.1 Å². The number of hydrogen-bond acceptors (Lipinski definition) is 48. The van der Waals surface area contributed by atoms with Gasteiger partial charge >= 0.3 is 417 Å². The Balaban J connectivity index is 0. The van der Waals surface area contributed by atoms with E-state index in [1.165, 1.54) is 0 Å². The smallest absolute Gasteiger partial charge is 0.744 e. The third-order valence-electron chi connectivity index (χ3n) is 14.3. The van der Waals surface area contributed by atoms with Gasteiger partial charge in [-0.3, -0.25) is 0 Å². The molecule has 126 heavy (non-hydrogen) atoms. The molecule has 10 aromatic rings. The molecule has 8 N–H and O–H groups in total. The Morgan fingerprint density at radius 2 is 0.532 bits per heavy atom. The topological polar surface area (TPSA) is 839 Å². The second-order valence-corrected chi connectivity index (χ2v) is 36.0. The standard InChI is InChI=1S/2C26H17ClF2N8O16S5.5K.5Na/c2*27-19-24(28)32-26(29)33-25(19)31-10-1-3-14(55(42,43)44)12(7-10)34-36-21-16(57(48,49)50)5-9-6-17(58(51,52)53)22(23(38)18(9)20(21)30)37-35-13-8-11(54(39,40)41)2-4-15(13)56(45,46)47;;;;;;;;;;/h2*1-8,38H,30H2,(H,31,32,33)(H,39,40,41)(H,42,43,44)(H,45,46,47)(H,48,49,50)(H,51,52,53);;;;;;;;;;/q;;10*+1/p-10. The summed E-state index contributed by atoms with van der Waals surface area (Å²) in [6.45, 7) is 0. The first-order valence-corrected chi connectivity index (χ1v) is 43.2. The Kier molecular flexibility index (Phi) is 52.3. The zero-order valence-electron chi connectivity index (χ0n) is 64.3. The summed E-state index contributed by atoms with van der Waals surface area (Å²) in [7, 11) is -56.1. The van der Waals surface area contributed by atoms with Crippen LogP contribution in [0.2, 0.25) is 10.0 Å². The molecule has 0 bridgehead atoms. The van der Waals surface area contributed by atoms with Crippen LogP contribution in [0.4, 0.5) is 97.4 Å². The monoisotopic (exact) mass is 2160 g/mol. The molecule has 8 aromatic carbocycles. The Bertz CT molecular complexity index is 6990. The van der Waals surface area contributed by atoms with Crippen molar-refractivity contribution in [3.63, 3.8) is 0 Å². The molecule has 0 saturated carbocycles. The molecule has 0 aliphatic rings. The molecule has 2 heterocycles. The fourth-order valence-corrected chi connectivity index (χ4v) is 15.7. The van der Waals surface area contributed by atoms with Crippen molar-refractivity contribution in [2.45, 2.75) is 49.0 Å². The Hall–Kier alpha value is 2.22. The number of benzene rings is 8. The van der Waals surface area contributed by atoms with Gasteiger partial charge in [0.2, 0.25) is 11.9 Å². The van der Waals surface area contributed by atoms with Crippen LogP contribution in [-0.4, -0.2) is 160 Å². The van der Waals surface area contributed by atoms with Crippen molar-refractivity contribution in [3.05, 3.63) is 131 Å². The van der Waals surface area contributed by atoms with Crippen LogP contribution in [0.5, 0.6) is 11.5 Å². The van der Waals surface area contributed by atoms with Crippen molar-refractivity contribution in [2.24, 2.45) is 40.9 Å². The van der Waals surface area contributed by atoms with Gasteiger partial charge in [-0.05, 0) is 108 Å². The number of nitrogens with zero attached hydrogens (tertiary/aromatic N) is 12. The molecule has 74 heteroatoms. The minimum Gasteiger partial charge on any atom is -0.744 e. The van der Waals surface area contributed by atoms with E-state index in [2.05, 4.69) is 71.5 Å². The molecular formula is C52H24Cl2F4K5N16Na5O32S10. The number of phenols is 2. The van der Waals surface area contributed by atoms with E-state index in [0.29, 0.717) is 60.7 Å². The molecule has 0 radical (unpaired) electrons. The van der Waals surface area contributed by atoms with Gasteiger partial charge in [-0.2, -0.15) is 37.5 Å². The van der Waals surface area contributed by atoms with Crippen LogP contribution >= 0.6 is 23.2 Å². The first-order valence-electron chi connectivity index (χ1n) is 28.3. The SMILES string of the molecule is Nc1c(N=Nc2cc(Nc3nc(F)nc(F)c3Cl)ccc2S(=O)(=O)[O-])c(S(=O)(=O)[O-])cc2cc(S(=O)(=O)[O-])c(N=Nc3cc(S(=O)(=O)[O-])ccc3S(=O)(=O)[O-])c(O)c12.Nc1c(N=Nc2cc(Nc3nc(F)nc(F)c3Cl)ccc2S(=O)(=O)[O-])c(S(=O)(=O)[O-])cc2cc(S(=O)(=O)[O-])c(N=Nc3cc(S(=O)(=O)[O-])ccc3S(=O)(=O)[O-])c(O)c12.[K+].[K+].[K+].[K+].[K+].[Na+].[Na+].[Na+].[Na+].[Na+]. The van der Waals surface area contributed by atoms with Gasteiger partial charge in [0, 0.05) is 11.4 Å². The predicted octanol–water partition coefficient (Wildman–Crippen LogP) is -24.1. The molecular weight excluding hydrogens is 2140 g/mol. The number of halogens is 6. The van der Waals surface area contributed by atoms with Crippen LogP contribution in [0, 0.1) is 24.1 Å². The molecule has 10 rings (SSSR count). The summed E-state index contributed by atoms with van der Waals surface area (Å²) in [6.07, 6.45) is -3.23. The van der Waals surface area contributed by atoms with E-state index in [1.807, 2.05) is 0 Å². The molecule has 0 saturated heterocycles. The number of phenolic OH excluding ortho intramolecular Hbond substituents is 2. The number of anilines is 6. The summed E-state index contributed by atoms with van der Waals surface area (Å²) < 4.78 is 415. The quantitative estimate of drug-likeness (QED) is 0.00698. The van der Waals surface area contributed by atoms with Crippen LogP contribution in [-0.2, 0) is 101 Å². The zero-order valence-corrected chi connectivity index (χ0v) is 99.5. The number of hydrogen-bond donors (Lipinski definition) is 6. The van der Waals surface area contributed by atoms with Crippen molar-refractivity contribution in [1.82, 2.24) is 19.9 Å². The van der Waals surface area contributed by atoms with E-state index in [1.54, 1.807) is 0 Å². The summed E-state index contributed by atoms with van der Waals surface area (Å²) in [5, 5.41) is 48.5. The van der Waals surface area contributed by atoms with Crippen LogP contribution in [0.15, 0.2) is 187 Å². The molecule has 0 aliphatic carbocycles. The van der Waals surface area contributed by atoms with E-state index >= 15 is 0 Å². The van der Waals surface area contributed by atoms with Crippen molar-refractivity contribution in [3.8, 4) is 11.5 Å². The number of rotatable bonds is 22. The molecule has 2 aromatic heterocycles. The van der Waals surface area contributed by atoms with Gasteiger partial charge in [0.25, 0.3) is 0 Å². The average Bonchev–Trinajstić information content (AvgIpc) is 0.693. The van der Waals surface area contributed by atoms with Gasteiger partial charge in [-0.1, -0.05) is 23.2 Å². The van der Waals surface area contributed by atoms with E-state index in [9.17, 15) is 157 Å². The minimum atomic E-state index is -5.84. The summed E-state index contributed by atoms with van der Waals surface area (Å²) in [5.41, 5.74) is -0.821. The maximum atomic E-state index is 13.9. The van der Waals surface area contributed by atoms with Crippen molar-refractivity contribution >= 4 is 226 Å². The number of aromatic nitrogens is 4. The Morgan fingerprint density at radius 1 is 0.310 bits per heavy atom. The van der Waals surface area contributed by atoms with Crippen LogP contribution in [0.3, 0.4) is 0 Å². The third kappa shape index (κ3) is 32.6. The molecule has 0 aliphatic heterocycles. The van der Waals surface area contributed by atoms with Gasteiger partial charge in [-0.25, -0.2) is 84.2 Å². The van der Waals surface area contributed by atoms with Gasteiger partial charge in [0.1, 0.15) is 157 Å². The first kappa shape index (κ1) is 130. The van der Waals surface area contributed by atoms with Gasteiger partial charge in [0.15, 0.2) is 23.1 Å². The number of fused-ring (bicyclic) bond motifs is 2. The van der Waals surface area contributed by atoms with Gasteiger partial charge in [-0.15, -0.1) is 40.9 Å². The van der Waals surface area contributed by atoms with Crippen molar-refractivity contribution < 1.29 is 562 Å². The predicted molar refractivity (Wildman–Crippen MR) is 363 cm³/mol. The number of nitrogen functional groups attached to an aromatic ring is 2. The van der Waals surface area contributed by atoms with Gasteiger partial charge in [0.05, 0.1) is 71.1 Å². The number of aromatic hydroxyl groups is 2. The first-order chi connectivity index (χ1) is 53.0. The maximum absolute atomic E-state index is 13.9. The summed E-state index contributed by atoms with van der Waals surface area (Å²) >= 11 is 11.4. The second-order valence-electron chi connectivity index (χ2n) is 21.7. The molecule has 0 amide bonds. The fourth-order valence-electron chi connectivity index (χ4n) is 9.48. The molecule has 616 valence electrons. The Morgan fingerprint density at radius 3 is 0.770 bits per heavy atom. The number of nitrogens with two attached hydrogens (primary N) is 2. The molecule has 0 unspecified atom stereocenters. The fraction of sp³-hybridized carbons (Fsp3) is 0. The van der Waals surface area contributed by atoms with Crippen LogP contribution < -0.4 is 427 Å². The normalized spacial score (nSPS) is 12.1. The molecule has 48 nitrogen and oxygen atoms in total. The summed E-state index contributed by atoms with van der Waals surface area (Å²) in [5.74, 6) is -7.61. The van der Waals surface area contributed by atoms with E-state index in [-0.39, 0.29) is 440 Å². The Labute approximate surface area is 1040 Å². The number of azo groups is 4. The summed E-state index contributed by atoms with van der Waals surface area (Å²) in [6, 6.07) is 7.15. The van der Waals surface area contributed by atoms with E-state index in [0.717, 1.165) is 12.1 Å². The van der Waals surface area contributed by atoms with Gasteiger partial charge < -0.3 is 77.8 Å². The molecule has 0 spiro atoms. The average molecular weight is 2160 g/mol. The maximum Gasteiger partial charge on any atom is 1.00 e. The summed E-state index contributed by atoms with van der Waals surface area (Å²) in [4.78, 5) is -1.67. The van der Waals surface area contributed by atoms with E-state index < -0.39 is 286 Å². The number of nitrogens with one attached hydrogen (secondary N) is 2. The zero-order chi connectivity index (χ0) is 87.0. The minimum absolute atomic E-state index is 0. The molecule has 0 atom stereocenters.